The van der Waals surface area contributed by atoms with Crippen LogP contribution in [0.4, 0.5) is 18.9 Å². The van der Waals surface area contributed by atoms with Crippen LogP contribution in [0.15, 0.2) is 47.0 Å². The molecule has 4 rings (SSSR count). The monoisotopic (exact) mass is 429 g/mol. The number of halogens is 3. The molecule has 31 heavy (non-hydrogen) atoms. The number of hydrogen-bond donors (Lipinski definition) is 0. The summed E-state index contributed by atoms with van der Waals surface area (Å²) in [6.45, 7) is -0.0844. The van der Waals surface area contributed by atoms with Crippen LogP contribution in [0.2, 0.25) is 0 Å². The van der Waals surface area contributed by atoms with Gasteiger partial charge in [0.2, 0.25) is 11.7 Å². The van der Waals surface area contributed by atoms with E-state index in [2.05, 4.69) is 19.8 Å². The van der Waals surface area contributed by atoms with Gasteiger partial charge in [0.05, 0.1) is 17.8 Å². The largest absolute Gasteiger partial charge is 0.434 e. The highest BCUT2D eigenvalue weighted by molar-refractivity contribution is 5.63. The second-order valence-corrected chi connectivity index (χ2v) is 6.90. The van der Waals surface area contributed by atoms with Gasteiger partial charge in [0.25, 0.3) is 0 Å². The molecule has 0 amide bonds. The Hall–Kier alpha value is -3.58. The van der Waals surface area contributed by atoms with Gasteiger partial charge in [-0.15, -0.1) is 0 Å². The van der Waals surface area contributed by atoms with Crippen LogP contribution in [0.5, 0.6) is 5.75 Å². The maximum Gasteiger partial charge on any atom is 0.387 e. The molecule has 2 aromatic carbocycles. The molecule has 0 bridgehead atoms. The van der Waals surface area contributed by atoms with E-state index in [1.54, 1.807) is 30.3 Å². The van der Waals surface area contributed by atoms with E-state index in [4.69, 9.17) is 4.52 Å². The topological polar surface area (TPSA) is 78.4 Å². The third-order valence-electron chi connectivity index (χ3n) is 4.99. The molecule has 0 spiro atoms. The molecular formula is C21H18F3N5O2. The summed E-state index contributed by atoms with van der Waals surface area (Å²) in [4.78, 5) is 8.36. The smallest absolute Gasteiger partial charge is 0.387 e. The summed E-state index contributed by atoms with van der Waals surface area (Å²) in [6.07, 6.45) is 0. The highest BCUT2D eigenvalue weighted by Crippen LogP contribution is 2.29. The molecule has 1 aliphatic rings. The number of hydrogen-bond acceptors (Lipinski definition) is 7. The molecule has 160 valence electrons. The number of aromatic nitrogens is 2. The minimum atomic E-state index is -2.96. The van der Waals surface area contributed by atoms with E-state index < -0.39 is 12.4 Å². The average molecular weight is 429 g/mol. The first-order chi connectivity index (χ1) is 15.0. The fourth-order valence-corrected chi connectivity index (χ4v) is 3.50. The number of para-hydroxylation sites is 1. The normalized spacial score (nSPS) is 14.6. The van der Waals surface area contributed by atoms with E-state index in [-0.39, 0.29) is 17.1 Å². The Morgan fingerprint density at radius 1 is 1.10 bits per heavy atom. The summed E-state index contributed by atoms with van der Waals surface area (Å²) in [7, 11) is 0. The number of piperazine rings is 1. The molecule has 0 radical (unpaired) electrons. The van der Waals surface area contributed by atoms with Crippen molar-refractivity contribution >= 4 is 5.69 Å². The summed E-state index contributed by atoms with van der Waals surface area (Å²) >= 11 is 0. The van der Waals surface area contributed by atoms with Crippen molar-refractivity contribution in [3.05, 3.63) is 59.7 Å². The Balaban J connectivity index is 1.40. The zero-order valence-electron chi connectivity index (χ0n) is 16.3. The predicted molar refractivity (Wildman–Crippen MR) is 105 cm³/mol. The van der Waals surface area contributed by atoms with Gasteiger partial charge in [-0.1, -0.05) is 23.4 Å². The molecule has 2 heterocycles. The second kappa shape index (κ2) is 9.06. The summed E-state index contributed by atoms with van der Waals surface area (Å²) in [5.41, 5.74) is 0.942. The van der Waals surface area contributed by atoms with Crippen molar-refractivity contribution in [3.63, 3.8) is 0 Å². The van der Waals surface area contributed by atoms with E-state index in [9.17, 15) is 18.4 Å². The number of ether oxygens (including phenoxy) is 1. The summed E-state index contributed by atoms with van der Waals surface area (Å²) in [5, 5.41) is 13.1. The van der Waals surface area contributed by atoms with Gasteiger partial charge in [0.1, 0.15) is 23.2 Å². The molecular weight excluding hydrogens is 411 g/mol. The average Bonchev–Trinajstić information content (AvgIpc) is 3.22. The Morgan fingerprint density at radius 2 is 1.87 bits per heavy atom. The zero-order chi connectivity index (χ0) is 21.8. The lowest BCUT2D eigenvalue weighted by Gasteiger charge is -2.35. The summed E-state index contributed by atoms with van der Waals surface area (Å²) in [6, 6.07) is 12.8. The molecule has 1 aromatic heterocycles. The standard InChI is InChI=1S/C21H18F3N5O2/c22-16-5-3-6-17(15(16)12-25)29-10-8-28(9-11-29)13-19-26-20(27-31-19)14-4-1-2-7-18(14)30-21(23)24/h1-7,21H,8-11,13H2. The predicted octanol–water partition coefficient (Wildman–Crippen LogP) is 3.67. The Labute approximate surface area is 176 Å². The number of alkyl halides is 2. The van der Waals surface area contributed by atoms with Crippen molar-refractivity contribution in [2.45, 2.75) is 13.2 Å². The Morgan fingerprint density at radius 3 is 2.61 bits per heavy atom. The van der Waals surface area contributed by atoms with Crippen LogP contribution < -0.4 is 9.64 Å². The van der Waals surface area contributed by atoms with Crippen LogP contribution in [0.25, 0.3) is 11.4 Å². The lowest BCUT2D eigenvalue weighted by molar-refractivity contribution is -0.0494. The van der Waals surface area contributed by atoms with Crippen LogP contribution in [0, 0.1) is 17.1 Å². The molecule has 0 saturated carbocycles. The first-order valence-corrected chi connectivity index (χ1v) is 9.58. The molecule has 0 aliphatic carbocycles. The van der Waals surface area contributed by atoms with Gasteiger partial charge in [0, 0.05) is 26.2 Å². The van der Waals surface area contributed by atoms with Gasteiger partial charge >= 0.3 is 6.61 Å². The Kier molecular flexibility index (Phi) is 6.04. The molecule has 0 N–H and O–H groups in total. The number of benzene rings is 2. The second-order valence-electron chi connectivity index (χ2n) is 6.90. The summed E-state index contributed by atoms with van der Waals surface area (Å²) < 4.78 is 48.9. The van der Waals surface area contributed by atoms with Gasteiger partial charge in [-0.25, -0.2) is 4.39 Å². The van der Waals surface area contributed by atoms with Crippen molar-refractivity contribution < 1.29 is 22.4 Å². The number of rotatable bonds is 6. The van der Waals surface area contributed by atoms with Crippen LogP contribution in [-0.2, 0) is 6.54 Å². The quantitative estimate of drug-likeness (QED) is 0.592. The van der Waals surface area contributed by atoms with E-state index in [1.165, 1.54) is 12.1 Å². The van der Waals surface area contributed by atoms with Crippen LogP contribution in [0.1, 0.15) is 11.5 Å². The van der Waals surface area contributed by atoms with E-state index in [0.29, 0.717) is 49.9 Å². The molecule has 1 fully saturated rings. The van der Waals surface area contributed by atoms with Crippen molar-refractivity contribution in [1.82, 2.24) is 15.0 Å². The first-order valence-electron chi connectivity index (χ1n) is 9.58. The highest BCUT2D eigenvalue weighted by atomic mass is 19.3. The van der Waals surface area contributed by atoms with Crippen molar-refractivity contribution in [3.8, 4) is 23.2 Å². The number of nitriles is 1. The third-order valence-corrected chi connectivity index (χ3v) is 4.99. The van der Waals surface area contributed by atoms with Gasteiger partial charge < -0.3 is 14.2 Å². The van der Waals surface area contributed by atoms with Gasteiger partial charge in [0.15, 0.2) is 0 Å². The fourth-order valence-electron chi connectivity index (χ4n) is 3.50. The molecule has 7 nitrogen and oxygen atoms in total. The third kappa shape index (κ3) is 4.62. The number of anilines is 1. The van der Waals surface area contributed by atoms with Crippen molar-refractivity contribution in [2.75, 3.05) is 31.1 Å². The van der Waals surface area contributed by atoms with Crippen molar-refractivity contribution in [1.29, 1.82) is 5.26 Å². The molecule has 1 saturated heterocycles. The lowest BCUT2D eigenvalue weighted by atomic mass is 10.1. The van der Waals surface area contributed by atoms with E-state index in [1.807, 2.05) is 11.0 Å². The molecule has 0 atom stereocenters. The maximum atomic E-state index is 13.9. The van der Waals surface area contributed by atoms with E-state index >= 15 is 0 Å². The first kappa shape index (κ1) is 20.7. The van der Waals surface area contributed by atoms with E-state index in [0.717, 1.165) is 0 Å². The summed E-state index contributed by atoms with van der Waals surface area (Å²) in [5.74, 6) is -0.0409. The fraction of sp³-hybridized carbons (Fsp3) is 0.286. The molecule has 1 aliphatic heterocycles. The maximum absolute atomic E-state index is 13.9. The van der Waals surface area contributed by atoms with Crippen molar-refractivity contribution in [2.24, 2.45) is 0 Å². The number of nitrogens with zero attached hydrogens (tertiary/aromatic N) is 5. The SMILES string of the molecule is N#Cc1c(F)cccc1N1CCN(Cc2nc(-c3ccccc3OC(F)F)no2)CC1. The minimum absolute atomic E-state index is 0.0261. The Bertz CT molecular complexity index is 1090. The molecule has 3 aromatic rings. The van der Waals surface area contributed by atoms with Crippen LogP contribution >= 0.6 is 0 Å². The molecule has 10 heteroatoms. The lowest BCUT2D eigenvalue weighted by Crippen LogP contribution is -2.46. The zero-order valence-corrected chi connectivity index (χ0v) is 16.3. The highest BCUT2D eigenvalue weighted by Gasteiger charge is 2.23. The van der Waals surface area contributed by atoms with Gasteiger partial charge in [-0.3, -0.25) is 4.90 Å². The van der Waals surface area contributed by atoms with Crippen LogP contribution in [0.3, 0.4) is 0 Å². The van der Waals surface area contributed by atoms with Gasteiger partial charge in [-0.05, 0) is 24.3 Å². The van der Waals surface area contributed by atoms with Crippen LogP contribution in [-0.4, -0.2) is 47.8 Å². The minimum Gasteiger partial charge on any atom is -0.434 e. The van der Waals surface area contributed by atoms with Gasteiger partial charge in [-0.2, -0.15) is 19.0 Å². The molecule has 0 unspecified atom stereocenters.